The second-order valence-corrected chi connectivity index (χ2v) is 7.55. The van der Waals surface area contributed by atoms with E-state index in [0.29, 0.717) is 12.1 Å². The zero-order valence-electron chi connectivity index (χ0n) is 14.7. The molecule has 5 heteroatoms. The molecule has 1 aromatic heterocycles. The van der Waals surface area contributed by atoms with Gasteiger partial charge in [-0.1, -0.05) is 0 Å². The summed E-state index contributed by atoms with van der Waals surface area (Å²) in [7, 11) is 0. The van der Waals surface area contributed by atoms with E-state index in [1.807, 2.05) is 6.26 Å². The number of hydrogen-bond donors (Lipinski definition) is 0. The number of ether oxygens (including phenoxy) is 1. The first kappa shape index (κ1) is 16.6. The summed E-state index contributed by atoms with van der Waals surface area (Å²) in [5, 5.41) is 0. The van der Waals surface area contributed by atoms with Crippen LogP contribution >= 0.6 is 0 Å². The maximum atomic E-state index is 6.15. The third-order valence-corrected chi connectivity index (χ3v) is 5.97. The van der Waals surface area contributed by atoms with Crippen LogP contribution < -0.4 is 0 Å². The van der Waals surface area contributed by atoms with Crippen molar-refractivity contribution in [2.45, 2.75) is 44.4 Å². The van der Waals surface area contributed by atoms with Crippen LogP contribution in [-0.2, 0) is 11.3 Å². The SMILES string of the molecule is c1cc(CN2CC[C@@H]3OCCN(CCN4CCCC4)[C@@H]3CC2)co1. The Morgan fingerprint density at radius 2 is 1.83 bits per heavy atom. The van der Waals surface area contributed by atoms with Gasteiger partial charge in [-0.25, -0.2) is 0 Å². The molecule has 0 aromatic carbocycles. The van der Waals surface area contributed by atoms with Crippen molar-refractivity contribution < 1.29 is 9.15 Å². The molecule has 0 bridgehead atoms. The fourth-order valence-electron chi connectivity index (χ4n) is 4.57. The lowest BCUT2D eigenvalue weighted by atomic mass is 10.0. The van der Waals surface area contributed by atoms with Gasteiger partial charge >= 0.3 is 0 Å². The molecular formula is C19H31N3O2. The molecule has 1 aromatic rings. The molecular weight excluding hydrogens is 302 g/mol. The molecule has 5 nitrogen and oxygen atoms in total. The van der Waals surface area contributed by atoms with Crippen LogP contribution in [0, 0.1) is 0 Å². The third kappa shape index (κ3) is 4.02. The maximum absolute atomic E-state index is 6.15. The third-order valence-electron chi connectivity index (χ3n) is 5.97. The minimum atomic E-state index is 0.423. The normalized spacial score (nSPS) is 30.3. The summed E-state index contributed by atoms with van der Waals surface area (Å²) in [4.78, 5) is 7.91. The van der Waals surface area contributed by atoms with Gasteiger partial charge in [0.1, 0.15) is 0 Å². The van der Waals surface area contributed by atoms with E-state index in [-0.39, 0.29) is 0 Å². The monoisotopic (exact) mass is 333 g/mol. The second-order valence-electron chi connectivity index (χ2n) is 7.55. The van der Waals surface area contributed by atoms with E-state index < -0.39 is 0 Å². The molecule has 3 aliphatic rings. The first-order valence-electron chi connectivity index (χ1n) is 9.70. The average Bonchev–Trinajstić information content (AvgIpc) is 3.26. The molecule has 2 atom stereocenters. The van der Waals surface area contributed by atoms with Crippen molar-refractivity contribution in [1.82, 2.24) is 14.7 Å². The molecule has 134 valence electrons. The molecule has 0 amide bonds. The number of nitrogens with zero attached hydrogens (tertiary/aromatic N) is 3. The van der Waals surface area contributed by atoms with Crippen LogP contribution in [0.3, 0.4) is 0 Å². The summed E-state index contributed by atoms with van der Waals surface area (Å²) >= 11 is 0. The van der Waals surface area contributed by atoms with Gasteiger partial charge < -0.3 is 14.1 Å². The summed E-state index contributed by atoms with van der Waals surface area (Å²) in [5.41, 5.74) is 1.28. The lowest BCUT2D eigenvalue weighted by molar-refractivity contribution is -0.0728. The molecule has 0 spiro atoms. The Labute approximate surface area is 145 Å². The Balaban J connectivity index is 1.31. The standard InChI is InChI=1S/C19H31N3O2/c1-2-7-20(6-1)10-11-22-12-14-24-19-4-9-21(8-3-18(19)22)15-17-5-13-23-16-17/h5,13,16,18-19H,1-4,6-12,14-15H2/t18-,19+/m1/s1. The van der Waals surface area contributed by atoms with E-state index in [1.54, 1.807) is 6.26 Å². The van der Waals surface area contributed by atoms with Crippen LogP contribution in [0.25, 0.3) is 0 Å². The Hall–Kier alpha value is -0.880. The van der Waals surface area contributed by atoms with Crippen molar-refractivity contribution in [2.24, 2.45) is 0 Å². The molecule has 24 heavy (non-hydrogen) atoms. The summed E-state index contributed by atoms with van der Waals surface area (Å²) in [6.45, 7) is 10.4. The van der Waals surface area contributed by atoms with E-state index >= 15 is 0 Å². The summed E-state index contributed by atoms with van der Waals surface area (Å²) in [5.74, 6) is 0. The van der Waals surface area contributed by atoms with E-state index in [0.717, 1.165) is 39.2 Å². The molecule has 0 aliphatic carbocycles. The topological polar surface area (TPSA) is 32.1 Å². The highest BCUT2D eigenvalue weighted by molar-refractivity contribution is 5.05. The van der Waals surface area contributed by atoms with E-state index in [4.69, 9.17) is 9.15 Å². The molecule has 4 heterocycles. The molecule has 3 saturated heterocycles. The van der Waals surface area contributed by atoms with Gasteiger partial charge in [-0.15, -0.1) is 0 Å². The predicted octanol–water partition coefficient (Wildman–Crippen LogP) is 2.04. The highest BCUT2D eigenvalue weighted by Crippen LogP contribution is 2.24. The van der Waals surface area contributed by atoms with Crippen LogP contribution in [0.4, 0.5) is 0 Å². The van der Waals surface area contributed by atoms with E-state index in [9.17, 15) is 0 Å². The van der Waals surface area contributed by atoms with Gasteiger partial charge in [0.2, 0.25) is 0 Å². The quantitative estimate of drug-likeness (QED) is 0.823. The Kier molecular flexibility index (Phi) is 5.53. The highest BCUT2D eigenvalue weighted by atomic mass is 16.5. The molecule has 3 fully saturated rings. The zero-order valence-corrected chi connectivity index (χ0v) is 14.7. The minimum Gasteiger partial charge on any atom is -0.472 e. The highest BCUT2D eigenvalue weighted by Gasteiger charge is 2.34. The van der Waals surface area contributed by atoms with Crippen LogP contribution in [0.5, 0.6) is 0 Å². The lowest BCUT2D eigenvalue weighted by Gasteiger charge is -2.41. The summed E-state index contributed by atoms with van der Waals surface area (Å²) < 4.78 is 11.4. The van der Waals surface area contributed by atoms with Crippen molar-refractivity contribution >= 4 is 0 Å². The van der Waals surface area contributed by atoms with Crippen LogP contribution in [-0.4, -0.2) is 79.3 Å². The van der Waals surface area contributed by atoms with Crippen LogP contribution in [0.2, 0.25) is 0 Å². The molecule has 0 radical (unpaired) electrons. The van der Waals surface area contributed by atoms with Gasteiger partial charge in [-0.2, -0.15) is 0 Å². The summed E-state index contributed by atoms with van der Waals surface area (Å²) in [6, 6.07) is 2.69. The minimum absolute atomic E-state index is 0.423. The fraction of sp³-hybridized carbons (Fsp3) is 0.789. The van der Waals surface area contributed by atoms with Crippen molar-refractivity contribution in [3.05, 3.63) is 24.2 Å². The van der Waals surface area contributed by atoms with E-state index in [1.165, 1.54) is 51.0 Å². The van der Waals surface area contributed by atoms with E-state index in [2.05, 4.69) is 20.8 Å². The van der Waals surface area contributed by atoms with Crippen molar-refractivity contribution in [2.75, 3.05) is 52.4 Å². The Morgan fingerprint density at radius 3 is 2.67 bits per heavy atom. The van der Waals surface area contributed by atoms with Crippen LogP contribution in [0.1, 0.15) is 31.2 Å². The molecule has 3 aliphatic heterocycles. The molecule has 0 unspecified atom stereocenters. The number of furan rings is 1. The number of likely N-dealkylation sites (tertiary alicyclic amines) is 2. The largest absolute Gasteiger partial charge is 0.472 e. The average molecular weight is 333 g/mol. The number of fused-ring (bicyclic) bond motifs is 1. The number of morpholine rings is 1. The lowest BCUT2D eigenvalue weighted by Crippen LogP contribution is -2.52. The first-order chi connectivity index (χ1) is 11.9. The molecule has 0 N–H and O–H groups in total. The molecule has 4 rings (SSSR count). The van der Waals surface area contributed by atoms with Crippen molar-refractivity contribution in [3.8, 4) is 0 Å². The number of rotatable bonds is 5. The maximum Gasteiger partial charge on any atom is 0.0947 e. The molecule has 0 saturated carbocycles. The predicted molar refractivity (Wildman–Crippen MR) is 94.0 cm³/mol. The van der Waals surface area contributed by atoms with Crippen molar-refractivity contribution in [3.63, 3.8) is 0 Å². The Morgan fingerprint density at radius 1 is 0.958 bits per heavy atom. The first-order valence-corrected chi connectivity index (χ1v) is 9.70. The van der Waals surface area contributed by atoms with Gasteiger partial charge in [-0.3, -0.25) is 9.80 Å². The van der Waals surface area contributed by atoms with Crippen LogP contribution in [0.15, 0.2) is 23.0 Å². The second kappa shape index (κ2) is 8.00. The van der Waals surface area contributed by atoms with Gasteiger partial charge in [0, 0.05) is 50.9 Å². The smallest absolute Gasteiger partial charge is 0.0947 e. The van der Waals surface area contributed by atoms with Gasteiger partial charge in [-0.05, 0) is 44.8 Å². The van der Waals surface area contributed by atoms with Gasteiger partial charge in [0.25, 0.3) is 0 Å². The fourth-order valence-corrected chi connectivity index (χ4v) is 4.57. The zero-order chi connectivity index (χ0) is 16.2. The van der Waals surface area contributed by atoms with Gasteiger partial charge in [0.05, 0.1) is 25.2 Å². The van der Waals surface area contributed by atoms with Crippen molar-refractivity contribution in [1.29, 1.82) is 0 Å². The Bertz CT molecular complexity index is 487. The number of hydrogen-bond acceptors (Lipinski definition) is 5. The van der Waals surface area contributed by atoms with Gasteiger partial charge in [0.15, 0.2) is 0 Å². The summed E-state index contributed by atoms with van der Waals surface area (Å²) in [6.07, 6.45) is 9.22.